The van der Waals surface area contributed by atoms with Gasteiger partial charge in [0.25, 0.3) is 0 Å². The van der Waals surface area contributed by atoms with Gasteiger partial charge >= 0.3 is 0 Å². The van der Waals surface area contributed by atoms with E-state index in [9.17, 15) is 4.79 Å². The first-order valence-electron chi connectivity index (χ1n) is 7.72. The van der Waals surface area contributed by atoms with Crippen molar-refractivity contribution >= 4 is 11.6 Å². The fourth-order valence-electron chi connectivity index (χ4n) is 2.60. The number of aryl methyl sites for hydroxylation is 3. The average molecular weight is 321 g/mol. The smallest absolute Gasteiger partial charge is 0.246 e. The van der Waals surface area contributed by atoms with Gasteiger partial charge in [-0.15, -0.1) is 5.10 Å². The van der Waals surface area contributed by atoms with Crippen LogP contribution in [0.5, 0.6) is 0 Å². The van der Waals surface area contributed by atoms with E-state index < -0.39 is 0 Å². The summed E-state index contributed by atoms with van der Waals surface area (Å²) in [5, 5.41) is 14.5. The molecule has 0 aliphatic heterocycles. The molecule has 1 heterocycles. The molecule has 0 spiro atoms. The maximum atomic E-state index is 12.3. The first-order valence-corrected chi connectivity index (χ1v) is 7.72. The number of carbonyl (C=O) groups excluding carboxylic acids is 1. The first kappa shape index (κ1) is 15.9. The maximum absolute atomic E-state index is 12.3. The molecule has 0 fully saturated rings. The van der Waals surface area contributed by atoms with Crippen molar-refractivity contribution in [1.82, 2.24) is 20.2 Å². The van der Waals surface area contributed by atoms with E-state index >= 15 is 0 Å². The molecule has 2 aromatic carbocycles. The highest BCUT2D eigenvalue weighted by Crippen LogP contribution is 2.17. The van der Waals surface area contributed by atoms with Gasteiger partial charge in [0, 0.05) is 11.3 Å². The number of hydrogen-bond donors (Lipinski definition) is 1. The second kappa shape index (κ2) is 6.62. The Morgan fingerprint density at radius 2 is 1.67 bits per heavy atom. The van der Waals surface area contributed by atoms with Crippen LogP contribution in [0.15, 0.2) is 42.5 Å². The Labute approximate surface area is 140 Å². The van der Waals surface area contributed by atoms with Gasteiger partial charge in [0.2, 0.25) is 5.91 Å². The number of nitrogens with one attached hydrogen (secondary N) is 1. The number of rotatable bonds is 4. The molecule has 0 aliphatic rings. The highest BCUT2D eigenvalue weighted by atomic mass is 16.2. The number of nitrogens with zero attached hydrogens (tertiary/aromatic N) is 4. The lowest BCUT2D eigenvalue weighted by Crippen LogP contribution is -2.20. The molecule has 24 heavy (non-hydrogen) atoms. The summed E-state index contributed by atoms with van der Waals surface area (Å²) in [4.78, 5) is 12.3. The van der Waals surface area contributed by atoms with Crippen LogP contribution in [0.25, 0.3) is 11.4 Å². The molecule has 0 bridgehead atoms. The number of aromatic nitrogens is 4. The minimum Gasteiger partial charge on any atom is -0.324 e. The Bertz CT molecular complexity index is 847. The van der Waals surface area contributed by atoms with Gasteiger partial charge in [-0.3, -0.25) is 4.79 Å². The molecule has 1 amide bonds. The van der Waals surface area contributed by atoms with E-state index in [1.165, 1.54) is 4.68 Å². The van der Waals surface area contributed by atoms with Gasteiger partial charge in [0.15, 0.2) is 5.82 Å². The third-order valence-corrected chi connectivity index (χ3v) is 3.64. The number of tetrazole rings is 1. The molecule has 6 nitrogen and oxygen atoms in total. The summed E-state index contributed by atoms with van der Waals surface area (Å²) in [6.07, 6.45) is 0. The Hall–Kier alpha value is -3.02. The third kappa shape index (κ3) is 3.65. The number of benzene rings is 2. The number of hydrogen-bond acceptors (Lipinski definition) is 4. The zero-order valence-corrected chi connectivity index (χ0v) is 13.9. The summed E-state index contributed by atoms with van der Waals surface area (Å²) < 4.78 is 1.50. The zero-order valence-electron chi connectivity index (χ0n) is 13.9. The van der Waals surface area contributed by atoms with Crippen LogP contribution in [0.4, 0.5) is 5.69 Å². The highest BCUT2D eigenvalue weighted by molar-refractivity contribution is 5.90. The average Bonchev–Trinajstić information content (AvgIpc) is 2.94. The summed E-state index contributed by atoms with van der Waals surface area (Å²) in [5.74, 6) is 0.409. The van der Waals surface area contributed by atoms with Crippen molar-refractivity contribution in [1.29, 1.82) is 0 Å². The quantitative estimate of drug-likeness (QED) is 0.802. The monoisotopic (exact) mass is 321 g/mol. The van der Waals surface area contributed by atoms with Crippen LogP contribution in [0.1, 0.15) is 16.7 Å². The minimum atomic E-state index is -0.166. The van der Waals surface area contributed by atoms with Gasteiger partial charge < -0.3 is 5.32 Å². The van der Waals surface area contributed by atoms with Crippen molar-refractivity contribution in [2.45, 2.75) is 27.3 Å². The van der Waals surface area contributed by atoms with Crippen LogP contribution in [0.2, 0.25) is 0 Å². The van der Waals surface area contributed by atoms with E-state index in [1.54, 1.807) is 0 Å². The van der Waals surface area contributed by atoms with Gasteiger partial charge in [-0.25, -0.2) is 4.68 Å². The molecular weight excluding hydrogens is 302 g/mol. The molecule has 0 atom stereocenters. The maximum Gasteiger partial charge on any atom is 0.246 e. The van der Waals surface area contributed by atoms with Gasteiger partial charge in [-0.05, 0) is 54.5 Å². The lowest BCUT2D eigenvalue weighted by atomic mass is 10.1. The van der Waals surface area contributed by atoms with Crippen LogP contribution >= 0.6 is 0 Å². The van der Waals surface area contributed by atoms with Gasteiger partial charge in [-0.2, -0.15) is 0 Å². The Kier molecular flexibility index (Phi) is 4.37. The summed E-state index contributed by atoms with van der Waals surface area (Å²) in [7, 11) is 0. The van der Waals surface area contributed by atoms with E-state index in [0.717, 1.165) is 27.9 Å². The van der Waals surface area contributed by atoms with Crippen molar-refractivity contribution in [2.24, 2.45) is 0 Å². The SMILES string of the molecule is Cc1ccc(-c2nnnn2CC(=O)Nc2cc(C)cc(C)c2)cc1. The summed E-state index contributed by atoms with van der Waals surface area (Å²) in [6.45, 7) is 6.08. The number of carbonyl (C=O) groups is 1. The molecule has 0 aliphatic carbocycles. The predicted molar refractivity (Wildman–Crippen MR) is 92.5 cm³/mol. The summed E-state index contributed by atoms with van der Waals surface area (Å²) in [5.41, 5.74) is 5.03. The lowest BCUT2D eigenvalue weighted by Gasteiger charge is -2.08. The Morgan fingerprint density at radius 1 is 1.00 bits per heavy atom. The molecule has 0 radical (unpaired) electrons. The van der Waals surface area contributed by atoms with Crippen LogP contribution in [-0.2, 0) is 11.3 Å². The molecule has 6 heteroatoms. The molecular formula is C18H19N5O. The van der Waals surface area contributed by atoms with Gasteiger partial charge in [0.05, 0.1) is 0 Å². The van der Waals surface area contributed by atoms with E-state index in [0.29, 0.717) is 5.82 Å². The number of anilines is 1. The molecule has 1 aromatic heterocycles. The van der Waals surface area contributed by atoms with Crippen molar-refractivity contribution in [3.05, 3.63) is 59.2 Å². The minimum absolute atomic E-state index is 0.0587. The molecule has 1 N–H and O–H groups in total. The van der Waals surface area contributed by atoms with E-state index in [2.05, 4.69) is 26.9 Å². The standard InChI is InChI=1S/C18H19N5O/c1-12-4-6-15(7-5-12)18-20-21-22-23(18)11-17(24)19-16-9-13(2)8-14(3)10-16/h4-10H,11H2,1-3H3,(H,19,24). The van der Waals surface area contributed by atoms with Gasteiger partial charge in [-0.1, -0.05) is 35.9 Å². The Balaban J connectivity index is 1.76. The second-order valence-corrected chi connectivity index (χ2v) is 5.95. The first-order chi connectivity index (χ1) is 11.5. The third-order valence-electron chi connectivity index (χ3n) is 3.64. The Morgan fingerprint density at radius 3 is 2.33 bits per heavy atom. The fraction of sp³-hybridized carbons (Fsp3) is 0.222. The van der Waals surface area contributed by atoms with Crippen LogP contribution < -0.4 is 5.32 Å². The molecule has 0 saturated carbocycles. The largest absolute Gasteiger partial charge is 0.324 e. The molecule has 3 rings (SSSR count). The van der Waals surface area contributed by atoms with Crippen molar-refractivity contribution in [3.63, 3.8) is 0 Å². The van der Waals surface area contributed by atoms with E-state index in [-0.39, 0.29) is 12.5 Å². The van der Waals surface area contributed by atoms with E-state index in [1.807, 2.05) is 57.2 Å². The highest BCUT2D eigenvalue weighted by Gasteiger charge is 2.12. The van der Waals surface area contributed by atoms with Crippen molar-refractivity contribution in [2.75, 3.05) is 5.32 Å². The molecule has 122 valence electrons. The molecule has 3 aromatic rings. The molecule has 0 saturated heterocycles. The van der Waals surface area contributed by atoms with Crippen LogP contribution in [-0.4, -0.2) is 26.1 Å². The fourth-order valence-corrected chi connectivity index (χ4v) is 2.60. The summed E-state index contributed by atoms with van der Waals surface area (Å²) >= 11 is 0. The number of amides is 1. The zero-order chi connectivity index (χ0) is 17.1. The second-order valence-electron chi connectivity index (χ2n) is 5.95. The lowest BCUT2D eigenvalue weighted by molar-refractivity contribution is -0.116. The van der Waals surface area contributed by atoms with Gasteiger partial charge in [0.1, 0.15) is 6.54 Å². The normalized spacial score (nSPS) is 10.6. The topological polar surface area (TPSA) is 72.7 Å². The summed E-state index contributed by atoms with van der Waals surface area (Å²) in [6, 6.07) is 13.8. The van der Waals surface area contributed by atoms with Crippen LogP contribution in [0.3, 0.4) is 0 Å². The molecule has 0 unspecified atom stereocenters. The van der Waals surface area contributed by atoms with Crippen molar-refractivity contribution in [3.8, 4) is 11.4 Å². The van der Waals surface area contributed by atoms with E-state index in [4.69, 9.17) is 0 Å². The predicted octanol–water partition coefficient (Wildman–Crippen LogP) is 2.90. The van der Waals surface area contributed by atoms with Crippen LogP contribution in [0, 0.1) is 20.8 Å². The van der Waals surface area contributed by atoms with Crippen molar-refractivity contribution < 1.29 is 4.79 Å².